The van der Waals surface area contributed by atoms with E-state index in [1.807, 2.05) is 37.3 Å². The molecule has 1 amide bonds. The molecule has 0 spiro atoms. The van der Waals surface area contributed by atoms with Gasteiger partial charge in [0.15, 0.2) is 0 Å². The van der Waals surface area contributed by atoms with Crippen molar-refractivity contribution in [2.45, 2.75) is 70.8 Å². The molecule has 2 N–H and O–H groups in total. The summed E-state index contributed by atoms with van der Waals surface area (Å²) in [5, 5.41) is 18.8. The Balaban J connectivity index is 2.06. The fourth-order valence-electron chi connectivity index (χ4n) is 4.05. The average Bonchev–Trinajstić information content (AvgIpc) is 2.81. The van der Waals surface area contributed by atoms with Crippen molar-refractivity contribution in [3.8, 4) is 0 Å². The van der Waals surface area contributed by atoms with Crippen LogP contribution in [0.15, 0.2) is 30.3 Å². The van der Waals surface area contributed by atoms with Crippen molar-refractivity contribution >= 4 is 24.0 Å². The number of nitrogens with one attached hydrogen (secondary N) is 1. The molecule has 182 valence electrons. The molecule has 0 bridgehead atoms. The maximum absolute atomic E-state index is 12.6. The number of hydrogen-bond donors (Lipinski definition) is 2. The summed E-state index contributed by atoms with van der Waals surface area (Å²) in [6.07, 6.45) is 5.10. The van der Waals surface area contributed by atoms with E-state index in [2.05, 4.69) is 0 Å². The van der Waals surface area contributed by atoms with Crippen LogP contribution in [0.1, 0.15) is 63.9 Å². The molecule has 1 aliphatic rings. The first kappa shape index (κ1) is 26.2. The van der Waals surface area contributed by atoms with Crippen molar-refractivity contribution in [3.63, 3.8) is 0 Å². The van der Waals surface area contributed by atoms with Crippen LogP contribution in [0.25, 0.3) is 0 Å². The second kappa shape index (κ2) is 13.4. The molecule has 1 fully saturated rings. The molecule has 1 aromatic carbocycles. The fraction of sp³-hybridized carbons (Fsp3) is 0.583. The first-order valence-corrected chi connectivity index (χ1v) is 11.6. The monoisotopic (exact) mass is 461 g/mol. The van der Waals surface area contributed by atoms with E-state index < -0.39 is 30.0 Å². The van der Waals surface area contributed by atoms with E-state index in [0.29, 0.717) is 24.3 Å². The molecule has 0 saturated heterocycles. The molecule has 33 heavy (non-hydrogen) atoms. The number of carbonyl (C=O) groups is 3. The number of carbonyl (C=O) groups excluding carboxylic acids is 2. The van der Waals surface area contributed by atoms with E-state index in [-0.39, 0.29) is 18.9 Å². The van der Waals surface area contributed by atoms with Gasteiger partial charge in [-0.25, -0.2) is 14.4 Å². The van der Waals surface area contributed by atoms with Gasteiger partial charge < -0.3 is 19.6 Å². The maximum Gasteiger partial charge on any atom is 0.451 e. The van der Waals surface area contributed by atoms with Crippen LogP contribution in [0.4, 0.5) is 4.79 Å². The van der Waals surface area contributed by atoms with Crippen LogP contribution in [0.2, 0.25) is 0 Å². The van der Waals surface area contributed by atoms with Gasteiger partial charge in [-0.05, 0) is 43.6 Å². The lowest BCUT2D eigenvalue weighted by atomic mass is 9.83. The number of hydrogen-bond acceptors (Lipinski definition) is 6. The highest BCUT2D eigenvalue weighted by Crippen LogP contribution is 2.29. The Morgan fingerprint density at radius 2 is 1.82 bits per heavy atom. The third-order valence-corrected chi connectivity index (χ3v) is 5.77. The molecule has 0 aliphatic heterocycles. The van der Waals surface area contributed by atoms with E-state index in [1.165, 1.54) is 11.9 Å². The smallest absolute Gasteiger partial charge is 0.451 e. The third-order valence-electron chi connectivity index (χ3n) is 5.77. The minimum atomic E-state index is -1.08. The van der Waals surface area contributed by atoms with Gasteiger partial charge in [-0.15, -0.1) is 0 Å². The van der Waals surface area contributed by atoms with Crippen LogP contribution >= 0.6 is 0 Å². The predicted octanol–water partition coefficient (Wildman–Crippen LogP) is 4.22. The lowest BCUT2D eigenvalue weighted by Gasteiger charge is -2.36. The number of carboxylic acid groups (broad SMARTS) is 1. The number of nitrogens with zero attached hydrogens (tertiary/aromatic N) is 2. The van der Waals surface area contributed by atoms with Crippen LogP contribution in [0.5, 0.6) is 0 Å². The summed E-state index contributed by atoms with van der Waals surface area (Å²) >= 11 is 0. The van der Waals surface area contributed by atoms with Crippen molar-refractivity contribution in [2.24, 2.45) is 5.92 Å². The lowest BCUT2D eigenvalue weighted by molar-refractivity contribution is -0.170. The SMILES string of the molecule is CCCOC(=O)N(OC(=O)CCCc1ccccc1)C(=N)N(C)C(C(=O)O)C1CCCCC1. The highest BCUT2D eigenvalue weighted by Gasteiger charge is 2.38. The molecule has 1 atom stereocenters. The number of carboxylic acids is 1. The molecular weight excluding hydrogens is 426 g/mol. The molecule has 0 heterocycles. The summed E-state index contributed by atoms with van der Waals surface area (Å²) < 4.78 is 5.08. The van der Waals surface area contributed by atoms with Crippen LogP contribution < -0.4 is 0 Å². The van der Waals surface area contributed by atoms with Crippen LogP contribution in [0, 0.1) is 11.3 Å². The number of amides is 1. The number of aliphatic carboxylic acids is 1. The lowest BCUT2D eigenvalue weighted by Crippen LogP contribution is -2.54. The van der Waals surface area contributed by atoms with E-state index in [0.717, 1.165) is 37.7 Å². The molecule has 1 aliphatic carbocycles. The van der Waals surface area contributed by atoms with Gasteiger partial charge in [0.25, 0.3) is 0 Å². The van der Waals surface area contributed by atoms with Gasteiger partial charge in [0, 0.05) is 13.5 Å². The zero-order chi connectivity index (χ0) is 24.2. The first-order chi connectivity index (χ1) is 15.8. The van der Waals surface area contributed by atoms with Gasteiger partial charge in [-0.2, -0.15) is 0 Å². The zero-order valence-corrected chi connectivity index (χ0v) is 19.5. The van der Waals surface area contributed by atoms with Crippen molar-refractivity contribution < 1.29 is 29.1 Å². The minimum Gasteiger partial charge on any atom is -0.480 e. The highest BCUT2D eigenvalue weighted by molar-refractivity contribution is 5.94. The predicted molar refractivity (Wildman–Crippen MR) is 122 cm³/mol. The normalized spacial score (nSPS) is 14.7. The Labute approximate surface area is 195 Å². The van der Waals surface area contributed by atoms with Crippen LogP contribution in [-0.4, -0.2) is 58.8 Å². The molecule has 9 heteroatoms. The minimum absolute atomic E-state index is 0.0361. The zero-order valence-electron chi connectivity index (χ0n) is 19.5. The number of guanidine groups is 1. The van der Waals surface area contributed by atoms with Gasteiger partial charge in [0.2, 0.25) is 5.96 Å². The van der Waals surface area contributed by atoms with Gasteiger partial charge in [0.1, 0.15) is 6.04 Å². The maximum atomic E-state index is 12.6. The van der Waals surface area contributed by atoms with Crippen LogP contribution in [-0.2, 0) is 25.6 Å². The Hall–Kier alpha value is -3.10. The summed E-state index contributed by atoms with van der Waals surface area (Å²) in [6, 6.07) is 8.67. The summed E-state index contributed by atoms with van der Waals surface area (Å²) in [6.45, 7) is 1.90. The molecule has 0 radical (unpaired) electrons. The van der Waals surface area contributed by atoms with Gasteiger partial charge in [0.05, 0.1) is 6.61 Å². The van der Waals surface area contributed by atoms with Crippen molar-refractivity contribution in [1.82, 2.24) is 9.96 Å². The van der Waals surface area contributed by atoms with Gasteiger partial charge in [-0.1, -0.05) is 61.6 Å². The van der Waals surface area contributed by atoms with E-state index in [1.54, 1.807) is 0 Å². The number of benzene rings is 1. The molecular formula is C24H35N3O6. The van der Waals surface area contributed by atoms with Crippen molar-refractivity contribution in [2.75, 3.05) is 13.7 Å². The van der Waals surface area contributed by atoms with Gasteiger partial charge >= 0.3 is 18.0 Å². The number of rotatable bonds is 9. The van der Waals surface area contributed by atoms with Crippen molar-refractivity contribution in [3.05, 3.63) is 35.9 Å². The van der Waals surface area contributed by atoms with Crippen LogP contribution in [0.3, 0.4) is 0 Å². The van der Waals surface area contributed by atoms with Crippen molar-refractivity contribution in [1.29, 1.82) is 5.41 Å². The molecule has 0 aromatic heterocycles. The Bertz CT molecular complexity index is 795. The number of hydroxylamine groups is 2. The fourth-order valence-corrected chi connectivity index (χ4v) is 4.05. The highest BCUT2D eigenvalue weighted by atomic mass is 16.8. The summed E-state index contributed by atoms with van der Waals surface area (Å²) in [4.78, 5) is 43.4. The van der Waals surface area contributed by atoms with E-state index >= 15 is 0 Å². The topological polar surface area (TPSA) is 120 Å². The number of ether oxygens (including phenoxy) is 1. The summed E-state index contributed by atoms with van der Waals surface area (Å²) in [5.41, 5.74) is 1.08. The molecule has 1 unspecified atom stereocenters. The second-order valence-electron chi connectivity index (χ2n) is 8.33. The summed E-state index contributed by atoms with van der Waals surface area (Å²) in [7, 11) is 1.43. The quantitative estimate of drug-likeness (QED) is 0.321. The van der Waals surface area contributed by atoms with E-state index in [4.69, 9.17) is 15.0 Å². The van der Waals surface area contributed by atoms with Gasteiger partial charge in [-0.3, -0.25) is 5.41 Å². The second-order valence-corrected chi connectivity index (χ2v) is 8.33. The number of likely N-dealkylation sites (N-methyl/N-ethyl adjacent to an activating group) is 1. The molecule has 9 nitrogen and oxygen atoms in total. The number of aryl methyl sites for hydroxylation is 1. The molecule has 1 aromatic rings. The third kappa shape index (κ3) is 8.07. The molecule has 1 saturated carbocycles. The first-order valence-electron chi connectivity index (χ1n) is 11.6. The molecule has 2 rings (SSSR count). The Kier molecular flexibility index (Phi) is 10.7. The van der Waals surface area contributed by atoms with E-state index in [9.17, 15) is 19.5 Å². The standard InChI is InChI=1S/C24H35N3O6/c1-3-17-32-24(31)27(33-20(28)16-10-13-18-11-6-4-7-12-18)23(25)26(2)21(22(29)30)19-14-8-5-9-15-19/h4,6-7,11-12,19,21,25H,3,5,8-10,13-17H2,1-2H3,(H,29,30). The largest absolute Gasteiger partial charge is 0.480 e. The summed E-state index contributed by atoms with van der Waals surface area (Å²) in [5.74, 6) is -2.46. The average molecular weight is 462 g/mol. The Morgan fingerprint density at radius 3 is 2.42 bits per heavy atom. The Morgan fingerprint density at radius 1 is 1.15 bits per heavy atom.